The zero-order valence-electron chi connectivity index (χ0n) is 15.5. The van der Waals surface area contributed by atoms with Crippen LogP contribution in [0.5, 0.6) is 5.75 Å². The molecule has 2 atom stereocenters. The summed E-state index contributed by atoms with van der Waals surface area (Å²) >= 11 is 0. The van der Waals surface area contributed by atoms with Crippen molar-refractivity contribution in [2.75, 3.05) is 7.11 Å². The molecule has 1 aromatic carbocycles. The smallest absolute Gasteiger partial charge is 0.243 e. The van der Waals surface area contributed by atoms with E-state index in [1.54, 1.807) is 12.0 Å². The molecule has 0 aliphatic carbocycles. The molecular formula is C19H30N2O3. The van der Waals surface area contributed by atoms with Crippen molar-refractivity contribution in [3.8, 4) is 5.75 Å². The van der Waals surface area contributed by atoms with Gasteiger partial charge in [0.25, 0.3) is 0 Å². The van der Waals surface area contributed by atoms with E-state index < -0.39 is 6.04 Å². The minimum Gasteiger partial charge on any atom is -0.497 e. The number of carbonyl (C=O) groups excluding carboxylic acids is 2. The van der Waals surface area contributed by atoms with Crippen LogP contribution >= 0.6 is 0 Å². The third kappa shape index (κ3) is 5.55. The maximum absolute atomic E-state index is 12.6. The molecule has 5 heteroatoms. The summed E-state index contributed by atoms with van der Waals surface area (Å²) in [6, 6.07) is 7.23. The lowest BCUT2D eigenvalue weighted by molar-refractivity contribution is -0.141. The van der Waals surface area contributed by atoms with Crippen LogP contribution < -0.4 is 10.1 Å². The molecule has 0 saturated carbocycles. The summed E-state index contributed by atoms with van der Waals surface area (Å²) in [5, 5.41) is 2.99. The Bertz CT molecular complexity index is 545. The first-order valence-electron chi connectivity index (χ1n) is 8.69. The molecule has 0 fully saturated rings. The minimum atomic E-state index is -0.461. The van der Waals surface area contributed by atoms with E-state index in [1.165, 1.54) is 0 Å². The first-order valence-corrected chi connectivity index (χ1v) is 8.69. The Kier molecular flexibility index (Phi) is 8.30. The van der Waals surface area contributed by atoms with Gasteiger partial charge in [-0.15, -0.1) is 0 Å². The molecule has 134 valence electrons. The summed E-state index contributed by atoms with van der Waals surface area (Å²) in [5.41, 5.74) is 0.950. The van der Waals surface area contributed by atoms with Crippen LogP contribution in [-0.2, 0) is 16.1 Å². The third-order valence-corrected chi connectivity index (χ3v) is 4.18. The van der Waals surface area contributed by atoms with Gasteiger partial charge in [-0.25, -0.2) is 0 Å². The highest BCUT2D eigenvalue weighted by Gasteiger charge is 2.28. The summed E-state index contributed by atoms with van der Waals surface area (Å²) in [5.74, 6) is 0.633. The van der Waals surface area contributed by atoms with Gasteiger partial charge in [-0.1, -0.05) is 32.9 Å². The summed E-state index contributed by atoms with van der Waals surface area (Å²) in [4.78, 5) is 26.7. The Morgan fingerprint density at radius 2 is 1.92 bits per heavy atom. The van der Waals surface area contributed by atoms with Gasteiger partial charge in [0, 0.05) is 19.0 Å². The van der Waals surface area contributed by atoms with Gasteiger partial charge < -0.3 is 15.0 Å². The Labute approximate surface area is 145 Å². The van der Waals surface area contributed by atoms with E-state index in [1.807, 2.05) is 52.0 Å². The van der Waals surface area contributed by atoms with Crippen molar-refractivity contribution in [2.24, 2.45) is 0 Å². The van der Waals surface area contributed by atoms with E-state index in [0.29, 0.717) is 19.4 Å². The van der Waals surface area contributed by atoms with Crippen LogP contribution in [0, 0.1) is 0 Å². The number of hydrogen-bond donors (Lipinski definition) is 1. The number of carbonyl (C=O) groups is 2. The van der Waals surface area contributed by atoms with Gasteiger partial charge >= 0.3 is 0 Å². The van der Waals surface area contributed by atoms with Gasteiger partial charge in [0.2, 0.25) is 11.8 Å². The standard InChI is InChI=1S/C19H30N2O3/c1-6-14(4)20-19(23)17(7-2)21(18(22)8-3)13-15-10-9-11-16(12-15)24-5/h9-12,14,17H,6-8,13H2,1-5H3,(H,20,23). The molecule has 2 unspecified atom stereocenters. The molecule has 0 saturated heterocycles. The maximum Gasteiger partial charge on any atom is 0.243 e. The summed E-state index contributed by atoms with van der Waals surface area (Å²) in [6.07, 6.45) is 1.81. The lowest BCUT2D eigenvalue weighted by Crippen LogP contribution is -2.50. The fraction of sp³-hybridized carbons (Fsp3) is 0.579. The predicted octanol–water partition coefficient (Wildman–Crippen LogP) is 3.13. The Morgan fingerprint density at radius 3 is 2.46 bits per heavy atom. The van der Waals surface area contributed by atoms with Crippen LogP contribution in [0.4, 0.5) is 0 Å². The largest absolute Gasteiger partial charge is 0.497 e. The molecule has 0 bridgehead atoms. The lowest BCUT2D eigenvalue weighted by Gasteiger charge is -2.31. The van der Waals surface area contributed by atoms with E-state index in [2.05, 4.69) is 5.32 Å². The molecule has 1 rings (SSSR count). The van der Waals surface area contributed by atoms with E-state index >= 15 is 0 Å². The molecule has 0 aliphatic heterocycles. The quantitative estimate of drug-likeness (QED) is 0.755. The number of nitrogens with zero attached hydrogens (tertiary/aromatic N) is 1. The molecule has 0 aromatic heterocycles. The molecular weight excluding hydrogens is 304 g/mol. The topological polar surface area (TPSA) is 58.6 Å². The molecule has 1 N–H and O–H groups in total. The van der Waals surface area contributed by atoms with Crippen molar-refractivity contribution in [1.82, 2.24) is 10.2 Å². The average molecular weight is 334 g/mol. The first kappa shape index (κ1) is 20.0. The molecule has 2 amide bonds. The number of methoxy groups -OCH3 is 1. The van der Waals surface area contributed by atoms with Crippen LogP contribution in [-0.4, -0.2) is 35.9 Å². The van der Waals surface area contributed by atoms with Crippen molar-refractivity contribution in [3.63, 3.8) is 0 Å². The first-order chi connectivity index (χ1) is 11.5. The van der Waals surface area contributed by atoms with Crippen LogP contribution in [0.3, 0.4) is 0 Å². The highest BCUT2D eigenvalue weighted by atomic mass is 16.5. The van der Waals surface area contributed by atoms with Crippen LogP contribution in [0.25, 0.3) is 0 Å². The fourth-order valence-electron chi connectivity index (χ4n) is 2.53. The number of benzene rings is 1. The highest BCUT2D eigenvalue weighted by molar-refractivity contribution is 5.87. The molecule has 0 heterocycles. The monoisotopic (exact) mass is 334 g/mol. The average Bonchev–Trinajstić information content (AvgIpc) is 2.60. The molecule has 24 heavy (non-hydrogen) atoms. The highest BCUT2D eigenvalue weighted by Crippen LogP contribution is 2.18. The van der Waals surface area contributed by atoms with Gasteiger partial charge in [-0.05, 0) is 37.5 Å². The normalized spacial score (nSPS) is 13.0. The van der Waals surface area contributed by atoms with Gasteiger partial charge in [0.15, 0.2) is 0 Å². The summed E-state index contributed by atoms with van der Waals surface area (Å²) < 4.78 is 5.24. The zero-order chi connectivity index (χ0) is 18.1. The second kappa shape index (κ2) is 9.96. The number of rotatable bonds is 9. The van der Waals surface area contributed by atoms with Crippen molar-refractivity contribution >= 4 is 11.8 Å². The summed E-state index contributed by atoms with van der Waals surface area (Å²) in [7, 11) is 1.61. The Morgan fingerprint density at radius 1 is 1.21 bits per heavy atom. The van der Waals surface area contributed by atoms with Crippen LogP contribution in [0.1, 0.15) is 52.5 Å². The number of ether oxygens (including phenoxy) is 1. The van der Waals surface area contributed by atoms with Crippen molar-refractivity contribution in [2.45, 2.75) is 65.6 Å². The summed E-state index contributed by atoms with van der Waals surface area (Å²) in [6.45, 7) is 8.15. The van der Waals surface area contributed by atoms with Gasteiger partial charge in [-0.2, -0.15) is 0 Å². The third-order valence-electron chi connectivity index (χ3n) is 4.18. The van der Waals surface area contributed by atoms with E-state index in [4.69, 9.17) is 4.74 Å². The molecule has 0 aliphatic rings. The predicted molar refractivity (Wildman–Crippen MR) is 95.8 cm³/mol. The van der Waals surface area contributed by atoms with Crippen molar-refractivity contribution in [1.29, 1.82) is 0 Å². The Balaban J connectivity index is 3.00. The molecule has 0 radical (unpaired) electrons. The second-order valence-electron chi connectivity index (χ2n) is 5.97. The SMILES string of the molecule is CCC(=O)N(Cc1cccc(OC)c1)C(CC)C(=O)NC(C)CC. The molecule has 5 nitrogen and oxygen atoms in total. The van der Waals surface area contributed by atoms with E-state index in [0.717, 1.165) is 17.7 Å². The van der Waals surface area contributed by atoms with Crippen molar-refractivity contribution < 1.29 is 14.3 Å². The second-order valence-corrected chi connectivity index (χ2v) is 5.97. The zero-order valence-corrected chi connectivity index (χ0v) is 15.5. The number of amides is 2. The number of hydrogen-bond acceptors (Lipinski definition) is 3. The lowest BCUT2D eigenvalue weighted by atomic mass is 10.1. The fourth-order valence-corrected chi connectivity index (χ4v) is 2.53. The Hall–Kier alpha value is -2.04. The molecule has 0 spiro atoms. The van der Waals surface area contributed by atoms with E-state index in [-0.39, 0.29) is 17.9 Å². The van der Waals surface area contributed by atoms with Crippen LogP contribution in [0.2, 0.25) is 0 Å². The van der Waals surface area contributed by atoms with Gasteiger partial charge in [-0.3, -0.25) is 9.59 Å². The van der Waals surface area contributed by atoms with Gasteiger partial charge in [0.1, 0.15) is 11.8 Å². The van der Waals surface area contributed by atoms with Gasteiger partial charge in [0.05, 0.1) is 7.11 Å². The van der Waals surface area contributed by atoms with Crippen molar-refractivity contribution in [3.05, 3.63) is 29.8 Å². The minimum absolute atomic E-state index is 0.0241. The van der Waals surface area contributed by atoms with E-state index in [9.17, 15) is 9.59 Å². The maximum atomic E-state index is 12.6. The number of nitrogens with one attached hydrogen (secondary N) is 1. The molecule has 1 aromatic rings. The van der Waals surface area contributed by atoms with Crippen LogP contribution in [0.15, 0.2) is 24.3 Å².